The minimum absolute atomic E-state index is 1.18. The lowest BCUT2D eigenvalue weighted by Crippen LogP contribution is -1.99. The highest BCUT2D eigenvalue weighted by Crippen LogP contribution is 1.33. The third kappa shape index (κ3) is 3.91. The van der Waals surface area contributed by atoms with E-state index in [4.69, 9.17) is 1.12 Å². The molecule has 4 heteroatoms. The minimum Gasteiger partial charge on any atom is -0.221 e. The van der Waals surface area contributed by atoms with Crippen molar-refractivity contribution in [3.05, 3.63) is 0 Å². The van der Waals surface area contributed by atoms with Crippen molar-refractivity contribution in [1.82, 2.24) is 4.72 Å². The highest BCUT2D eigenvalue weighted by Gasteiger charge is 1.60. The number of thiol groups is 1. The molecule has 0 atom stereocenters. The van der Waals surface area contributed by atoms with E-state index in [9.17, 15) is 8.42 Å². The van der Waals surface area contributed by atoms with Gasteiger partial charge in [-0.25, -0.2) is 13.1 Å². The lowest BCUT2D eigenvalue weighted by Gasteiger charge is -1.67. The summed E-state index contributed by atoms with van der Waals surface area (Å²) >= 11 is 0. The molecule has 5 heavy (non-hydrogen) atoms. The summed E-state index contributed by atoms with van der Waals surface area (Å²) < 4.78 is 26.9. The summed E-state index contributed by atoms with van der Waals surface area (Å²) in [5, 5.41) is 0. The van der Waals surface area contributed by atoms with Crippen LogP contribution in [0.5, 0.6) is 0 Å². The number of hydrogen-bond acceptors (Lipinski definition) is 2. The molecule has 32 valence electrons. The zero-order valence-electron chi connectivity index (χ0n) is 3.72. The van der Waals surface area contributed by atoms with Crippen LogP contribution in [0.4, 0.5) is 0 Å². The molecule has 0 saturated heterocycles. The normalized spacial score (nSPS) is 14.2. The van der Waals surface area contributed by atoms with Crippen LogP contribution in [0.3, 0.4) is 0 Å². The van der Waals surface area contributed by atoms with Crippen LogP contribution in [0.15, 0.2) is 0 Å². The lowest BCUT2D eigenvalue weighted by molar-refractivity contribution is 0.608. The number of rotatable bonds is 1. The Morgan fingerprint density at radius 2 is 2.20 bits per heavy atom. The van der Waals surface area contributed by atoms with Gasteiger partial charge in [-0.15, -0.1) is 0 Å². The summed E-state index contributed by atoms with van der Waals surface area (Å²) in [5.74, 6) is 0. The first-order valence-corrected chi connectivity index (χ1v) is 2.11. The molecule has 0 amide bonds. The molecule has 0 rings (SSSR count). The SMILES string of the molecule is [3H]S(=O)(=O)NC. The second kappa shape index (κ2) is 2.17. The van der Waals surface area contributed by atoms with Crippen molar-refractivity contribution >= 4 is 10.8 Å². The average molecular weight is 97.1 g/mol. The topological polar surface area (TPSA) is 46.2 Å². The van der Waals surface area contributed by atoms with E-state index in [1.807, 2.05) is 0 Å². The highest BCUT2D eigenvalue weighted by atomic mass is 32.2. The van der Waals surface area contributed by atoms with E-state index in [2.05, 4.69) is 0 Å². The van der Waals surface area contributed by atoms with Gasteiger partial charge in [-0.1, -0.05) is 0 Å². The Hall–Kier alpha value is -0.0900. The van der Waals surface area contributed by atoms with Crippen molar-refractivity contribution in [1.29, 1.82) is 1.12 Å². The van der Waals surface area contributed by atoms with Crippen LogP contribution in [0, 0.1) is 0 Å². The third-order valence-electron chi connectivity index (χ3n) is 0.167. The van der Waals surface area contributed by atoms with Gasteiger partial charge in [0.25, 0.3) is 0 Å². The molecule has 0 aromatic rings. The van der Waals surface area contributed by atoms with E-state index in [1.165, 1.54) is 7.05 Å². The van der Waals surface area contributed by atoms with Crippen molar-refractivity contribution in [3.63, 3.8) is 0 Å². The Balaban J connectivity index is 3.85. The highest BCUT2D eigenvalue weighted by molar-refractivity contribution is 7.70. The monoisotopic (exact) mass is 97.0 g/mol. The van der Waals surface area contributed by atoms with Crippen LogP contribution in [0.2, 0.25) is 0 Å². The van der Waals surface area contributed by atoms with Gasteiger partial charge in [0.1, 0.15) is 0 Å². The van der Waals surface area contributed by atoms with Crippen LogP contribution < -0.4 is 4.72 Å². The van der Waals surface area contributed by atoms with Gasteiger partial charge in [0.05, 0.1) is 0 Å². The number of hydrogen-bond donors (Lipinski definition) is 2. The van der Waals surface area contributed by atoms with Gasteiger partial charge in [0.2, 0.25) is 10.8 Å². The molecule has 0 spiro atoms. The zero-order valence-corrected chi connectivity index (χ0v) is 3.54. The van der Waals surface area contributed by atoms with Gasteiger partial charge < -0.3 is 0 Å². The second-order valence-corrected chi connectivity index (χ2v) is 1.32. The van der Waals surface area contributed by atoms with Gasteiger partial charge in [0, 0.05) is 0 Å². The second-order valence-electron chi connectivity index (χ2n) is 0.439. The number of nitrogens with one attached hydrogen (secondary N) is 1. The quantitative estimate of drug-likeness (QED) is 0.401. The van der Waals surface area contributed by atoms with Crippen molar-refractivity contribution in [2.45, 2.75) is 0 Å². The van der Waals surface area contributed by atoms with Crippen LogP contribution in [-0.4, -0.2) is 16.6 Å². The molecule has 0 fully saturated rings. The maximum atomic E-state index is 9.56. The van der Waals surface area contributed by atoms with E-state index in [1.54, 1.807) is 4.72 Å². The van der Waals surface area contributed by atoms with Crippen molar-refractivity contribution in [2.75, 3.05) is 7.05 Å². The van der Waals surface area contributed by atoms with Crippen LogP contribution in [-0.2, 0) is 10.8 Å². The standard InChI is InChI=1S/CH5NO2S/c1-2-5(3)4/h5H,1H3,(H,2,3,4)/i5T. The van der Waals surface area contributed by atoms with E-state index >= 15 is 0 Å². The summed E-state index contributed by atoms with van der Waals surface area (Å²) in [6.45, 7) is 0. The minimum atomic E-state index is -3.66. The molecule has 0 saturated carbocycles. The molecular formula is CH5NO2S. The summed E-state index contributed by atoms with van der Waals surface area (Å²) in [7, 11) is -2.48. The van der Waals surface area contributed by atoms with E-state index in [0.717, 1.165) is 0 Å². The van der Waals surface area contributed by atoms with Crippen molar-refractivity contribution in [3.8, 4) is 0 Å². The van der Waals surface area contributed by atoms with E-state index < -0.39 is 10.8 Å². The molecule has 0 aliphatic rings. The molecule has 1 N–H and O–H groups in total. The molecule has 0 unspecified atom stereocenters. The van der Waals surface area contributed by atoms with Gasteiger partial charge in [-0.3, -0.25) is 0 Å². The first kappa shape index (κ1) is 3.11. The Morgan fingerprint density at radius 3 is 2.20 bits per heavy atom. The lowest BCUT2D eigenvalue weighted by atomic mass is 11.6. The molecule has 0 bridgehead atoms. The first-order valence-electron chi connectivity index (χ1n) is 1.45. The molecule has 0 aromatic heterocycles. The van der Waals surface area contributed by atoms with Gasteiger partial charge in [-0.2, -0.15) is 0 Å². The average Bonchev–Trinajstić information content (AvgIpc) is 1.35. The smallest absolute Gasteiger partial charge is 0.201 e. The van der Waals surface area contributed by atoms with Crippen molar-refractivity contribution in [2.24, 2.45) is 0 Å². The van der Waals surface area contributed by atoms with Gasteiger partial charge in [0.15, 0.2) is 1.12 Å². The fraction of sp³-hybridized carbons (Fsp3) is 1.00. The predicted molar refractivity (Wildman–Crippen MR) is 19.4 cm³/mol. The first-order chi connectivity index (χ1) is 2.56. The van der Waals surface area contributed by atoms with Gasteiger partial charge in [-0.05, 0) is 7.05 Å². The maximum absolute atomic E-state index is 9.56. The Morgan fingerprint density at radius 1 is 2.00 bits per heavy atom. The molecular weight excluding hydrogens is 90.1 g/mol. The summed E-state index contributed by atoms with van der Waals surface area (Å²) in [5.41, 5.74) is 0. The van der Waals surface area contributed by atoms with Crippen LogP contribution >= 0.6 is 0 Å². The predicted octanol–water partition coefficient (Wildman–Crippen LogP) is -1.27. The van der Waals surface area contributed by atoms with Gasteiger partial charge >= 0.3 is 0 Å². The largest absolute Gasteiger partial charge is 0.221 e. The van der Waals surface area contributed by atoms with E-state index in [-0.39, 0.29) is 0 Å². The Labute approximate surface area is 33.2 Å². The fourth-order valence-corrected chi connectivity index (χ4v) is 0. The molecule has 0 aromatic carbocycles. The van der Waals surface area contributed by atoms with Crippen LogP contribution in [0.25, 0.3) is 0 Å². The fourth-order valence-electron chi connectivity index (χ4n) is 0. The Kier molecular flexibility index (Phi) is 1.35. The molecule has 0 heterocycles. The summed E-state index contributed by atoms with van der Waals surface area (Å²) in [6, 6.07) is 0. The van der Waals surface area contributed by atoms with Crippen LogP contribution in [0.1, 0.15) is 0 Å². The Bertz CT molecular complexity index is 116. The summed E-state index contributed by atoms with van der Waals surface area (Å²) in [4.78, 5) is 0. The molecule has 0 aliphatic heterocycles. The summed E-state index contributed by atoms with van der Waals surface area (Å²) in [6.07, 6.45) is 0. The molecule has 3 nitrogen and oxygen atoms in total. The van der Waals surface area contributed by atoms with E-state index in [0.29, 0.717) is 0 Å². The molecule has 0 radical (unpaired) electrons. The van der Waals surface area contributed by atoms with Crippen molar-refractivity contribution < 1.29 is 8.42 Å². The third-order valence-corrected chi connectivity index (χ3v) is 0.500. The zero-order chi connectivity index (χ0) is 5.21. The molecule has 0 aliphatic carbocycles. The maximum Gasteiger partial charge on any atom is 0.201 e.